The van der Waals surface area contributed by atoms with E-state index in [0.29, 0.717) is 51.1 Å². The van der Waals surface area contributed by atoms with Crippen LogP contribution in [0, 0.1) is 0 Å². The van der Waals surface area contributed by atoms with Crippen molar-refractivity contribution in [3.8, 4) is 11.5 Å². The number of benzene rings is 2. The molecule has 0 amide bonds. The van der Waals surface area contributed by atoms with Gasteiger partial charge in [-0.25, -0.2) is 9.59 Å². The quantitative estimate of drug-likeness (QED) is 0.0454. The molecule has 0 radical (unpaired) electrons. The van der Waals surface area contributed by atoms with E-state index in [1.807, 2.05) is 76.2 Å². The highest BCUT2D eigenvalue weighted by molar-refractivity contribution is 5.91. The summed E-state index contributed by atoms with van der Waals surface area (Å²) in [6.45, 7) is 20.0. The molecule has 0 aromatic heterocycles. The van der Waals surface area contributed by atoms with Crippen molar-refractivity contribution in [1.82, 2.24) is 10.6 Å². The van der Waals surface area contributed by atoms with Gasteiger partial charge in [0.15, 0.2) is 12.5 Å². The highest BCUT2D eigenvalue weighted by atomic mass is 16.6. The summed E-state index contributed by atoms with van der Waals surface area (Å²) < 4.78 is 45.7. The Morgan fingerprint density at radius 3 is 1.21 bits per heavy atom. The third-order valence-corrected chi connectivity index (χ3v) is 7.16. The first-order valence-electron chi connectivity index (χ1n) is 18.4. The zero-order chi connectivity index (χ0) is 38.1. The van der Waals surface area contributed by atoms with E-state index < -0.39 is 36.6 Å². The van der Waals surface area contributed by atoms with Gasteiger partial charge in [0.2, 0.25) is 0 Å². The summed E-state index contributed by atoms with van der Waals surface area (Å²) in [5.74, 6) is -0.219. The van der Waals surface area contributed by atoms with E-state index in [9.17, 15) is 9.59 Å². The van der Waals surface area contributed by atoms with Gasteiger partial charge >= 0.3 is 11.9 Å². The van der Waals surface area contributed by atoms with Crippen LogP contribution < -0.4 is 20.1 Å². The molecule has 0 saturated carbocycles. The maximum absolute atomic E-state index is 12.7. The van der Waals surface area contributed by atoms with Crippen LogP contribution in [0.25, 0.3) is 0 Å². The molecule has 4 unspecified atom stereocenters. The predicted molar refractivity (Wildman–Crippen MR) is 200 cm³/mol. The van der Waals surface area contributed by atoms with Crippen molar-refractivity contribution < 1.29 is 47.5 Å². The molecule has 4 atom stereocenters. The molecule has 2 aromatic rings. The minimum Gasteiger partial charge on any atom is -0.471 e. The molecule has 12 heteroatoms. The number of hydrogen-bond donors (Lipinski definition) is 2. The van der Waals surface area contributed by atoms with Crippen LogP contribution in [0.3, 0.4) is 0 Å². The van der Waals surface area contributed by atoms with Crippen molar-refractivity contribution in [3.05, 3.63) is 71.8 Å². The van der Waals surface area contributed by atoms with E-state index in [2.05, 4.69) is 24.5 Å². The highest BCUT2D eigenvalue weighted by Crippen LogP contribution is 2.18. The molecule has 0 spiro atoms. The summed E-state index contributed by atoms with van der Waals surface area (Å²) in [7, 11) is 0. The smallest absolute Gasteiger partial charge is 0.331 e. The van der Waals surface area contributed by atoms with Crippen molar-refractivity contribution in [3.63, 3.8) is 0 Å². The molecule has 52 heavy (non-hydrogen) atoms. The lowest BCUT2D eigenvalue weighted by Gasteiger charge is -2.28. The van der Waals surface area contributed by atoms with Gasteiger partial charge in [-0.2, -0.15) is 0 Å². The van der Waals surface area contributed by atoms with Crippen LogP contribution in [0.2, 0.25) is 0 Å². The number of esters is 2. The molecule has 0 saturated heterocycles. The molecule has 0 heterocycles. The van der Waals surface area contributed by atoms with Gasteiger partial charge in [0.1, 0.15) is 23.7 Å². The fraction of sp³-hybridized carbons (Fsp3) is 0.600. The van der Waals surface area contributed by atoms with Crippen LogP contribution in [0.5, 0.6) is 11.5 Å². The summed E-state index contributed by atoms with van der Waals surface area (Å²) in [5, 5.41) is 6.56. The van der Waals surface area contributed by atoms with Gasteiger partial charge in [-0.05, 0) is 89.8 Å². The van der Waals surface area contributed by atoms with Gasteiger partial charge in [0.05, 0.1) is 39.6 Å². The molecule has 0 bridgehead atoms. The van der Waals surface area contributed by atoms with E-state index in [1.54, 1.807) is 13.8 Å². The second-order valence-electron chi connectivity index (χ2n) is 13.0. The highest BCUT2D eigenvalue weighted by Gasteiger charge is 2.25. The Hall–Kier alpha value is -3.52. The minimum absolute atomic E-state index is 0.0444. The van der Waals surface area contributed by atoms with E-state index in [4.69, 9.17) is 37.9 Å². The van der Waals surface area contributed by atoms with Gasteiger partial charge in [-0.1, -0.05) is 38.1 Å². The second-order valence-corrected chi connectivity index (χ2v) is 13.0. The lowest BCUT2D eigenvalue weighted by molar-refractivity contribution is -0.150. The lowest BCUT2D eigenvalue weighted by Crippen LogP contribution is -2.48. The molecule has 0 aliphatic carbocycles. The molecular weight excluding hydrogens is 668 g/mol. The number of hydrogen-bond acceptors (Lipinski definition) is 12. The zero-order valence-electron chi connectivity index (χ0n) is 32.4. The Labute approximate surface area is 310 Å². The van der Waals surface area contributed by atoms with E-state index >= 15 is 0 Å². The Morgan fingerprint density at radius 2 is 0.885 bits per heavy atom. The van der Waals surface area contributed by atoms with Crippen molar-refractivity contribution in [2.24, 2.45) is 0 Å². The number of nitrogens with one attached hydrogen (secondary N) is 2. The number of carbonyl (C=O) groups excluding carboxylic acids is 2. The first kappa shape index (κ1) is 44.6. The molecule has 292 valence electrons. The first-order valence-corrected chi connectivity index (χ1v) is 18.4. The average Bonchev–Trinajstić information content (AvgIpc) is 3.10. The maximum atomic E-state index is 12.7. The van der Waals surface area contributed by atoms with Crippen LogP contribution in [-0.2, 0) is 51.2 Å². The monoisotopic (exact) mass is 730 g/mol. The first-order chi connectivity index (χ1) is 25.0. The SMILES string of the molecule is CCCOCCOCc1ccc(OC(NC(C)C)C(C)OC(=O)/C=C/C(=O)OC(C)C(NC(C)C)Oc2ccc(COCCOCCC)cc2)cc1. The topological polar surface area (TPSA) is 132 Å². The minimum atomic E-state index is -0.711. The standard InChI is InChI=1S/C40H62N2O10/c1-9-21-45-23-25-47-27-33-11-15-35(16-12-33)51-39(41-29(3)4)31(7)49-37(43)19-20-38(44)50-32(8)40(42-30(5)6)52-36-17-13-34(14-18-36)28-48-26-24-46-22-10-2/h11-20,29-32,39-42H,9-10,21-28H2,1-8H3/b20-19+. The van der Waals surface area contributed by atoms with Crippen LogP contribution in [-0.4, -0.2) is 88.3 Å². The maximum Gasteiger partial charge on any atom is 0.331 e. The molecular formula is C40H62N2O10. The lowest BCUT2D eigenvalue weighted by atomic mass is 10.2. The van der Waals surface area contributed by atoms with E-state index in [0.717, 1.165) is 49.3 Å². The van der Waals surface area contributed by atoms with Gasteiger partial charge in [0, 0.05) is 37.4 Å². The van der Waals surface area contributed by atoms with Crippen LogP contribution in [0.15, 0.2) is 60.7 Å². The summed E-state index contributed by atoms with van der Waals surface area (Å²) in [5.41, 5.74) is 2.00. The van der Waals surface area contributed by atoms with Crippen LogP contribution in [0.1, 0.15) is 79.4 Å². The Balaban J connectivity index is 1.87. The van der Waals surface area contributed by atoms with Crippen molar-refractivity contribution in [2.75, 3.05) is 39.6 Å². The van der Waals surface area contributed by atoms with Gasteiger partial charge in [-0.3, -0.25) is 10.6 Å². The third-order valence-electron chi connectivity index (χ3n) is 7.16. The van der Waals surface area contributed by atoms with Gasteiger partial charge in [-0.15, -0.1) is 0 Å². The predicted octanol–water partition coefficient (Wildman–Crippen LogP) is 6.10. The fourth-order valence-corrected chi connectivity index (χ4v) is 4.62. The Kier molecular flexibility index (Phi) is 22.6. The summed E-state index contributed by atoms with van der Waals surface area (Å²) in [4.78, 5) is 25.4. The molecule has 2 aromatic carbocycles. The molecule has 0 aliphatic heterocycles. The van der Waals surface area contributed by atoms with Gasteiger partial charge in [0.25, 0.3) is 0 Å². The second kappa shape index (κ2) is 26.3. The molecule has 12 nitrogen and oxygen atoms in total. The number of carbonyl (C=O) groups is 2. The molecule has 2 rings (SSSR count). The van der Waals surface area contributed by atoms with E-state index in [1.165, 1.54) is 0 Å². The number of rotatable bonds is 28. The van der Waals surface area contributed by atoms with Crippen molar-refractivity contribution in [2.45, 2.75) is 118 Å². The normalized spacial score (nSPS) is 14.0. The molecule has 0 fully saturated rings. The molecule has 0 aliphatic rings. The fourth-order valence-electron chi connectivity index (χ4n) is 4.62. The van der Waals surface area contributed by atoms with Crippen LogP contribution >= 0.6 is 0 Å². The number of ether oxygens (including phenoxy) is 8. The third kappa shape index (κ3) is 19.9. The zero-order valence-corrected chi connectivity index (χ0v) is 32.4. The molecule has 2 N–H and O–H groups in total. The Morgan fingerprint density at radius 1 is 0.538 bits per heavy atom. The largest absolute Gasteiger partial charge is 0.471 e. The summed E-state index contributed by atoms with van der Waals surface area (Å²) in [6.07, 6.45) is 1.39. The van der Waals surface area contributed by atoms with Gasteiger partial charge < -0.3 is 37.9 Å². The summed E-state index contributed by atoms with van der Waals surface area (Å²) >= 11 is 0. The van der Waals surface area contributed by atoms with Crippen molar-refractivity contribution >= 4 is 11.9 Å². The van der Waals surface area contributed by atoms with E-state index in [-0.39, 0.29) is 12.1 Å². The average molecular weight is 731 g/mol. The van der Waals surface area contributed by atoms with Crippen LogP contribution in [0.4, 0.5) is 0 Å². The summed E-state index contributed by atoms with van der Waals surface area (Å²) in [6, 6.07) is 15.2. The Bertz CT molecular complexity index is 1170. The van der Waals surface area contributed by atoms with Crippen molar-refractivity contribution in [1.29, 1.82) is 0 Å².